The second-order valence-corrected chi connectivity index (χ2v) is 9.06. The molecule has 3 amide bonds. The second kappa shape index (κ2) is 9.65. The third-order valence-electron chi connectivity index (χ3n) is 6.56. The number of nitrogens with one attached hydrogen (secondary N) is 2. The Bertz CT molecular complexity index is 1060. The number of nitrogens with zero attached hydrogens (tertiary/aromatic N) is 2. The minimum absolute atomic E-state index is 0.000935. The van der Waals surface area contributed by atoms with E-state index in [9.17, 15) is 14.4 Å². The lowest BCUT2D eigenvalue weighted by molar-refractivity contribution is -0.133. The van der Waals surface area contributed by atoms with Gasteiger partial charge in [0.2, 0.25) is 17.7 Å². The number of likely N-dealkylation sites (tertiary alicyclic amines) is 1. The number of benzene rings is 2. The molecule has 2 aromatic carbocycles. The zero-order valence-corrected chi connectivity index (χ0v) is 19.6. The number of amides is 3. The fraction of sp³-hybridized carbons (Fsp3) is 0.423. The van der Waals surface area contributed by atoms with Gasteiger partial charge in [-0.15, -0.1) is 0 Å². The maximum Gasteiger partial charge on any atom is 0.247 e. The van der Waals surface area contributed by atoms with Crippen molar-refractivity contribution < 1.29 is 14.4 Å². The summed E-state index contributed by atoms with van der Waals surface area (Å²) >= 11 is 0. The fourth-order valence-corrected chi connectivity index (χ4v) is 4.81. The average molecular weight is 449 g/mol. The molecule has 0 aliphatic carbocycles. The van der Waals surface area contributed by atoms with Gasteiger partial charge in [-0.05, 0) is 63.8 Å². The number of hydrogen-bond donors (Lipinski definition) is 2. The predicted molar refractivity (Wildman–Crippen MR) is 130 cm³/mol. The van der Waals surface area contributed by atoms with E-state index in [0.717, 1.165) is 54.9 Å². The summed E-state index contributed by atoms with van der Waals surface area (Å²) in [6.45, 7) is 7.26. The van der Waals surface area contributed by atoms with Gasteiger partial charge in [0.1, 0.15) is 12.1 Å². The molecule has 1 saturated heterocycles. The van der Waals surface area contributed by atoms with E-state index in [2.05, 4.69) is 10.6 Å². The molecule has 0 spiro atoms. The zero-order valence-electron chi connectivity index (χ0n) is 19.6. The molecular weight excluding hydrogens is 416 g/mol. The molecule has 174 valence electrons. The molecule has 0 unspecified atom stereocenters. The molecule has 1 fully saturated rings. The first-order chi connectivity index (χ1) is 15.8. The summed E-state index contributed by atoms with van der Waals surface area (Å²) in [5.41, 5.74) is 4.23. The van der Waals surface area contributed by atoms with Crippen molar-refractivity contribution in [2.24, 2.45) is 0 Å². The van der Waals surface area contributed by atoms with E-state index < -0.39 is 12.1 Å². The minimum Gasteiger partial charge on any atom is -0.346 e. The second-order valence-electron chi connectivity index (χ2n) is 9.06. The van der Waals surface area contributed by atoms with Crippen molar-refractivity contribution in [3.63, 3.8) is 0 Å². The summed E-state index contributed by atoms with van der Waals surface area (Å²) in [5, 5.41) is 5.86. The molecule has 2 N–H and O–H groups in total. The van der Waals surface area contributed by atoms with Crippen LogP contribution in [0.15, 0.2) is 42.5 Å². The topological polar surface area (TPSA) is 81.8 Å². The first-order valence-electron chi connectivity index (χ1n) is 11.7. The normalized spacial score (nSPS) is 18.9. The molecule has 0 saturated carbocycles. The molecule has 2 aliphatic heterocycles. The Kier molecular flexibility index (Phi) is 6.67. The van der Waals surface area contributed by atoms with Crippen LogP contribution in [-0.4, -0.2) is 47.8 Å². The van der Waals surface area contributed by atoms with Crippen LogP contribution in [0.25, 0.3) is 0 Å². The molecule has 0 radical (unpaired) electrons. The first-order valence-corrected chi connectivity index (χ1v) is 11.7. The monoisotopic (exact) mass is 448 g/mol. The molecular formula is C26H32N4O3. The third kappa shape index (κ3) is 4.87. The number of fused-ring (bicyclic) bond motifs is 1. The van der Waals surface area contributed by atoms with Gasteiger partial charge in [-0.1, -0.05) is 29.8 Å². The highest BCUT2D eigenvalue weighted by atomic mass is 16.2. The standard InChI is InChI=1S/C26H32N4O3/c1-17-11-12-20(18(2)15-17)27-24(31)16-23-25(32)28-21-9-5-6-10-22(21)30(23)19(3)26(33)29-13-7-4-8-14-29/h5-6,9-12,15,19,23H,4,7-8,13-14,16H2,1-3H3,(H,27,31)(H,28,32)/t19-,23+/m1/s1. The smallest absolute Gasteiger partial charge is 0.247 e. The maximum absolute atomic E-state index is 13.4. The van der Waals surface area contributed by atoms with Crippen LogP contribution >= 0.6 is 0 Å². The van der Waals surface area contributed by atoms with E-state index in [1.165, 1.54) is 0 Å². The van der Waals surface area contributed by atoms with Crippen LogP contribution in [0.2, 0.25) is 0 Å². The van der Waals surface area contributed by atoms with Gasteiger partial charge in [0.05, 0.1) is 17.8 Å². The molecule has 0 bridgehead atoms. The van der Waals surface area contributed by atoms with Crippen molar-refractivity contribution in [1.29, 1.82) is 0 Å². The van der Waals surface area contributed by atoms with E-state index >= 15 is 0 Å². The number of carbonyl (C=O) groups excluding carboxylic acids is 3. The summed E-state index contributed by atoms with van der Waals surface area (Å²) in [4.78, 5) is 43.2. The fourth-order valence-electron chi connectivity index (χ4n) is 4.81. The van der Waals surface area contributed by atoms with Crippen molar-refractivity contribution in [3.8, 4) is 0 Å². The first kappa shape index (κ1) is 22.8. The number of carbonyl (C=O) groups is 3. The number of rotatable bonds is 5. The van der Waals surface area contributed by atoms with Gasteiger partial charge in [0.25, 0.3) is 0 Å². The average Bonchev–Trinajstić information content (AvgIpc) is 2.81. The molecule has 2 aromatic rings. The van der Waals surface area contributed by atoms with Crippen LogP contribution in [0.1, 0.15) is 43.7 Å². The lowest BCUT2D eigenvalue weighted by atomic mass is 10.0. The van der Waals surface area contributed by atoms with Gasteiger partial charge in [0.15, 0.2) is 0 Å². The summed E-state index contributed by atoms with van der Waals surface area (Å²) < 4.78 is 0. The van der Waals surface area contributed by atoms with Crippen LogP contribution < -0.4 is 15.5 Å². The molecule has 33 heavy (non-hydrogen) atoms. The van der Waals surface area contributed by atoms with Crippen LogP contribution in [0.4, 0.5) is 17.1 Å². The SMILES string of the molecule is Cc1ccc(NC(=O)C[C@H]2C(=O)Nc3ccccc3N2[C@H](C)C(=O)N2CCCCC2)c(C)c1. The summed E-state index contributed by atoms with van der Waals surface area (Å²) in [6.07, 6.45) is 3.08. The summed E-state index contributed by atoms with van der Waals surface area (Å²) in [7, 11) is 0. The maximum atomic E-state index is 13.4. The van der Waals surface area contributed by atoms with E-state index in [1.54, 1.807) is 0 Å². The molecule has 0 aromatic heterocycles. The highest BCUT2D eigenvalue weighted by molar-refractivity contribution is 6.08. The summed E-state index contributed by atoms with van der Waals surface area (Å²) in [6, 6.07) is 11.9. The molecule has 7 nitrogen and oxygen atoms in total. The van der Waals surface area contributed by atoms with Crippen molar-refractivity contribution in [1.82, 2.24) is 4.90 Å². The van der Waals surface area contributed by atoms with Crippen molar-refractivity contribution in [2.75, 3.05) is 28.6 Å². The van der Waals surface area contributed by atoms with E-state index in [0.29, 0.717) is 5.69 Å². The van der Waals surface area contributed by atoms with Gasteiger partial charge < -0.3 is 20.4 Å². The predicted octanol–water partition coefficient (Wildman–Crippen LogP) is 3.86. The molecule has 2 aliphatic rings. The number of aryl methyl sites for hydroxylation is 2. The van der Waals surface area contributed by atoms with Crippen molar-refractivity contribution >= 4 is 34.8 Å². The molecule has 4 rings (SSSR count). The van der Waals surface area contributed by atoms with Crippen LogP contribution in [-0.2, 0) is 14.4 Å². The van der Waals surface area contributed by atoms with Crippen LogP contribution in [0, 0.1) is 13.8 Å². The highest BCUT2D eigenvalue weighted by Gasteiger charge is 2.40. The minimum atomic E-state index is -0.783. The quantitative estimate of drug-likeness (QED) is 0.728. The Morgan fingerprint density at radius 2 is 1.82 bits per heavy atom. The van der Waals surface area contributed by atoms with Crippen LogP contribution in [0.3, 0.4) is 0 Å². The lowest BCUT2D eigenvalue weighted by Crippen LogP contribution is -2.58. The Balaban J connectivity index is 1.59. The summed E-state index contributed by atoms with van der Waals surface area (Å²) in [5.74, 6) is -0.536. The number of hydrogen-bond acceptors (Lipinski definition) is 4. The Morgan fingerprint density at radius 1 is 1.09 bits per heavy atom. The Hall–Kier alpha value is -3.35. The van der Waals surface area contributed by atoms with E-state index in [1.807, 2.05) is 73.0 Å². The lowest BCUT2D eigenvalue weighted by Gasteiger charge is -2.42. The van der Waals surface area contributed by atoms with E-state index in [-0.39, 0.29) is 24.1 Å². The Labute approximate surface area is 195 Å². The van der Waals surface area contributed by atoms with Gasteiger partial charge in [-0.3, -0.25) is 14.4 Å². The molecule has 7 heteroatoms. The molecule has 2 heterocycles. The van der Waals surface area contributed by atoms with Crippen molar-refractivity contribution in [3.05, 3.63) is 53.6 Å². The van der Waals surface area contributed by atoms with Gasteiger partial charge in [0, 0.05) is 18.8 Å². The zero-order chi connectivity index (χ0) is 23.5. The molecule has 2 atom stereocenters. The van der Waals surface area contributed by atoms with Gasteiger partial charge in [-0.25, -0.2) is 0 Å². The van der Waals surface area contributed by atoms with Gasteiger partial charge in [-0.2, -0.15) is 0 Å². The van der Waals surface area contributed by atoms with Gasteiger partial charge >= 0.3 is 0 Å². The number of anilines is 3. The number of para-hydroxylation sites is 2. The van der Waals surface area contributed by atoms with Crippen molar-refractivity contribution in [2.45, 2.75) is 58.5 Å². The Morgan fingerprint density at radius 3 is 2.55 bits per heavy atom. The largest absolute Gasteiger partial charge is 0.346 e. The highest BCUT2D eigenvalue weighted by Crippen LogP contribution is 2.35. The van der Waals surface area contributed by atoms with Crippen LogP contribution in [0.5, 0.6) is 0 Å². The number of piperidine rings is 1. The third-order valence-corrected chi connectivity index (χ3v) is 6.56. The van der Waals surface area contributed by atoms with E-state index in [4.69, 9.17) is 0 Å².